The largest absolute Gasteiger partial charge is 0.394 e. The molecular weight excluding hydrogens is 210 g/mol. The first-order chi connectivity index (χ1) is 7.35. The minimum atomic E-state index is 0.0604. The van der Waals surface area contributed by atoms with E-state index in [0.717, 1.165) is 22.5 Å². The summed E-state index contributed by atoms with van der Waals surface area (Å²) < 4.78 is 1.05. The number of hydrogen-bond donors (Lipinski definition) is 2. The maximum absolute atomic E-state index is 9.11. The molecule has 0 bridgehead atoms. The molecule has 0 fully saturated rings. The highest BCUT2D eigenvalue weighted by atomic mass is 32.1. The van der Waals surface area contributed by atoms with E-state index in [-0.39, 0.29) is 12.6 Å². The van der Waals surface area contributed by atoms with Crippen molar-refractivity contribution in [2.24, 2.45) is 0 Å². The minimum absolute atomic E-state index is 0.0604. The van der Waals surface area contributed by atoms with Gasteiger partial charge in [-0.3, -0.25) is 0 Å². The van der Waals surface area contributed by atoms with Gasteiger partial charge in [-0.05, 0) is 17.9 Å². The standard InChI is InChI=1S/C10H13N3OS/c1-2-7(5-14)13-10-9-8(3-4-15-9)11-6-12-10/h3-4,6-7,14H,2,5H2,1H3,(H,11,12,13)/t7-/m0/s1. The number of nitrogens with one attached hydrogen (secondary N) is 1. The molecule has 2 heterocycles. The van der Waals surface area contributed by atoms with Gasteiger partial charge in [-0.25, -0.2) is 9.97 Å². The van der Waals surface area contributed by atoms with Gasteiger partial charge in [-0.2, -0.15) is 0 Å². The zero-order valence-electron chi connectivity index (χ0n) is 8.47. The normalized spacial score (nSPS) is 12.9. The molecule has 0 aliphatic carbocycles. The lowest BCUT2D eigenvalue weighted by Crippen LogP contribution is -2.23. The van der Waals surface area contributed by atoms with Crippen LogP contribution >= 0.6 is 11.3 Å². The summed E-state index contributed by atoms with van der Waals surface area (Å²) >= 11 is 1.61. The number of nitrogens with zero attached hydrogens (tertiary/aromatic N) is 2. The van der Waals surface area contributed by atoms with Crippen molar-refractivity contribution in [1.82, 2.24) is 9.97 Å². The monoisotopic (exact) mass is 223 g/mol. The SMILES string of the molecule is CC[C@@H](CO)Nc1ncnc2ccsc12. The third-order valence-electron chi connectivity index (χ3n) is 2.30. The van der Waals surface area contributed by atoms with Gasteiger partial charge in [0.2, 0.25) is 0 Å². The van der Waals surface area contributed by atoms with Crippen molar-refractivity contribution in [3.63, 3.8) is 0 Å². The van der Waals surface area contributed by atoms with E-state index >= 15 is 0 Å². The molecule has 0 aliphatic rings. The molecule has 0 saturated carbocycles. The minimum Gasteiger partial charge on any atom is -0.394 e. The molecule has 0 amide bonds. The summed E-state index contributed by atoms with van der Waals surface area (Å²) in [5.41, 5.74) is 0.949. The van der Waals surface area contributed by atoms with Crippen LogP contribution in [-0.4, -0.2) is 27.7 Å². The molecule has 80 valence electrons. The Bertz CT molecular complexity index is 439. The van der Waals surface area contributed by atoms with Gasteiger partial charge >= 0.3 is 0 Å². The molecule has 4 nitrogen and oxygen atoms in total. The lowest BCUT2D eigenvalue weighted by atomic mass is 10.2. The summed E-state index contributed by atoms with van der Waals surface area (Å²) in [5, 5.41) is 14.3. The van der Waals surface area contributed by atoms with Crippen LogP contribution < -0.4 is 5.32 Å². The Labute approximate surface area is 92.0 Å². The van der Waals surface area contributed by atoms with Crippen molar-refractivity contribution < 1.29 is 5.11 Å². The highest BCUT2D eigenvalue weighted by Gasteiger charge is 2.09. The van der Waals surface area contributed by atoms with Crippen molar-refractivity contribution >= 4 is 27.4 Å². The van der Waals surface area contributed by atoms with Crippen LogP contribution in [0, 0.1) is 0 Å². The van der Waals surface area contributed by atoms with Crippen LogP contribution in [0.1, 0.15) is 13.3 Å². The number of rotatable bonds is 4. The Morgan fingerprint density at radius 3 is 3.13 bits per heavy atom. The van der Waals surface area contributed by atoms with Gasteiger partial charge in [-0.1, -0.05) is 6.92 Å². The second kappa shape index (κ2) is 4.55. The van der Waals surface area contributed by atoms with E-state index in [9.17, 15) is 0 Å². The summed E-state index contributed by atoms with van der Waals surface area (Å²) in [5.74, 6) is 0.816. The van der Waals surface area contributed by atoms with Crippen molar-refractivity contribution in [3.05, 3.63) is 17.8 Å². The molecule has 2 aromatic rings. The Morgan fingerprint density at radius 1 is 1.53 bits per heavy atom. The summed E-state index contributed by atoms with van der Waals surface area (Å²) in [7, 11) is 0. The topological polar surface area (TPSA) is 58.0 Å². The van der Waals surface area contributed by atoms with E-state index < -0.39 is 0 Å². The first kappa shape index (κ1) is 10.3. The first-order valence-electron chi connectivity index (χ1n) is 4.90. The van der Waals surface area contributed by atoms with Crippen molar-refractivity contribution in [3.8, 4) is 0 Å². The van der Waals surface area contributed by atoms with Gasteiger partial charge < -0.3 is 10.4 Å². The average molecular weight is 223 g/mol. The molecule has 0 aromatic carbocycles. The van der Waals surface area contributed by atoms with Gasteiger partial charge in [0.05, 0.1) is 22.9 Å². The molecule has 2 rings (SSSR count). The second-order valence-electron chi connectivity index (χ2n) is 3.29. The maximum atomic E-state index is 9.11. The molecule has 0 radical (unpaired) electrons. The van der Waals surface area contributed by atoms with Crippen molar-refractivity contribution in [1.29, 1.82) is 0 Å². The summed E-state index contributed by atoms with van der Waals surface area (Å²) in [4.78, 5) is 8.35. The summed E-state index contributed by atoms with van der Waals surface area (Å²) in [6.07, 6.45) is 2.41. The van der Waals surface area contributed by atoms with Crippen LogP contribution in [0.4, 0.5) is 5.82 Å². The zero-order chi connectivity index (χ0) is 10.7. The van der Waals surface area contributed by atoms with Crippen LogP contribution in [0.25, 0.3) is 10.2 Å². The predicted molar refractivity (Wildman–Crippen MR) is 62.2 cm³/mol. The van der Waals surface area contributed by atoms with E-state index in [0.29, 0.717) is 0 Å². The molecule has 0 saturated heterocycles. The Hall–Kier alpha value is -1.20. The zero-order valence-corrected chi connectivity index (χ0v) is 9.29. The van der Waals surface area contributed by atoms with Crippen LogP contribution in [0.2, 0.25) is 0 Å². The number of anilines is 1. The fraction of sp³-hybridized carbons (Fsp3) is 0.400. The van der Waals surface area contributed by atoms with Crippen LogP contribution in [0.3, 0.4) is 0 Å². The van der Waals surface area contributed by atoms with Gasteiger partial charge in [0, 0.05) is 0 Å². The molecule has 2 N–H and O–H groups in total. The van der Waals surface area contributed by atoms with Gasteiger partial charge in [-0.15, -0.1) is 11.3 Å². The highest BCUT2D eigenvalue weighted by Crippen LogP contribution is 2.25. The number of aromatic nitrogens is 2. The molecule has 5 heteroatoms. The second-order valence-corrected chi connectivity index (χ2v) is 4.21. The third-order valence-corrected chi connectivity index (χ3v) is 3.21. The first-order valence-corrected chi connectivity index (χ1v) is 5.78. The van der Waals surface area contributed by atoms with Crippen LogP contribution in [0.15, 0.2) is 17.8 Å². The molecule has 2 aromatic heterocycles. The summed E-state index contributed by atoms with van der Waals surface area (Å²) in [6.45, 7) is 2.15. The Morgan fingerprint density at radius 2 is 2.40 bits per heavy atom. The number of aliphatic hydroxyl groups is 1. The fourth-order valence-corrected chi connectivity index (χ4v) is 2.16. The van der Waals surface area contributed by atoms with Gasteiger partial charge in [0.15, 0.2) is 0 Å². The maximum Gasteiger partial charge on any atom is 0.147 e. The third kappa shape index (κ3) is 2.08. The quantitative estimate of drug-likeness (QED) is 0.830. The molecule has 0 aliphatic heterocycles. The Balaban J connectivity index is 2.30. The van der Waals surface area contributed by atoms with Gasteiger partial charge in [0.25, 0.3) is 0 Å². The Kier molecular flexibility index (Phi) is 3.13. The molecule has 0 spiro atoms. The van der Waals surface area contributed by atoms with Crippen molar-refractivity contribution in [2.75, 3.05) is 11.9 Å². The van der Waals surface area contributed by atoms with E-state index in [1.807, 2.05) is 18.4 Å². The van der Waals surface area contributed by atoms with E-state index in [1.165, 1.54) is 0 Å². The van der Waals surface area contributed by atoms with Gasteiger partial charge in [0.1, 0.15) is 12.1 Å². The lowest BCUT2D eigenvalue weighted by Gasteiger charge is -2.14. The predicted octanol–water partition coefficient (Wildman–Crippen LogP) is 1.87. The lowest BCUT2D eigenvalue weighted by molar-refractivity contribution is 0.271. The number of thiophene rings is 1. The summed E-state index contributed by atoms with van der Waals surface area (Å²) in [6, 6.07) is 2.03. The highest BCUT2D eigenvalue weighted by molar-refractivity contribution is 7.17. The number of fused-ring (bicyclic) bond motifs is 1. The number of aliphatic hydroxyl groups excluding tert-OH is 1. The molecule has 0 unspecified atom stereocenters. The smallest absolute Gasteiger partial charge is 0.147 e. The number of hydrogen-bond acceptors (Lipinski definition) is 5. The fourth-order valence-electron chi connectivity index (χ4n) is 1.36. The average Bonchev–Trinajstić information content (AvgIpc) is 2.74. The van der Waals surface area contributed by atoms with E-state index in [1.54, 1.807) is 17.7 Å². The van der Waals surface area contributed by atoms with E-state index in [2.05, 4.69) is 15.3 Å². The van der Waals surface area contributed by atoms with Crippen LogP contribution in [0.5, 0.6) is 0 Å². The molecule has 15 heavy (non-hydrogen) atoms. The van der Waals surface area contributed by atoms with Crippen LogP contribution in [-0.2, 0) is 0 Å². The molecule has 1 atom stereocenters. The van der Waals surface area contributed by atoms with E-state index in [4.69, 9.17) is 5.11 Å². The van der Waals surface area contributed by atoms with Crippen molar-refractivity contribution in [2.45, 2.75) is 19.4 Å². The molecular formula is C10H13N3OS.